The van der Waals surface area contributed by atoms with Gasteiger partial charge in [-0.25, -0.2) is 9.69 Å². The van der Waals surface area contributed by atoms with Gasteiger partial charge in [-0.3, -0.25) is 4.79 Å². The van der Waals surface area contributed by atoms with Gasteiger partial charge in [0, 0.05) is 6.54 Å². The van der Waals surface area contributed by atoms with E-state index in [0.717, 1.165) is 4.90 Å². The van der Waals surface area contributed by atoms with Crippen LogP contribution >= 0.6 is 15.9 Å². The molecule has 0 unspecified atom stereocenters. The number of halogens is 1. The second-order valence-corrected chi connectivity index (χ2v) is 5.33. The molecule has 0 N–H and O–H groups in total. The lowest BCUT2D eigenvalue weighted by Gasteiger charge is -2.23. The van der Waals surface area contributed by atoms with E-state index in [4.69, 9.17) is 4.74 Å². The van der Waals surface area contributed by atoms with E-state index >= 15 is 0 Å². The third-order valence-corrected chi connectivity index (χ3v) is 2.60. The Hall–Kier alpha value is -0.580. The van der Waals surface area contributed by atoms with Gasteiger partial charge in [-0.15, -0.1) is 0 Å². The molecule has 1 rings (SSSR count). The predicted molar refractivity (Wildman–Crippen MR) is 55.3 cm³/mol. The minimum absolute atomic E-state index is 0.209. The first-order chi connectivity index (χ1) is 6.31. The normalized spacial score (nSPS) is 22.7. The maximum Gasteiger partial charge on any atom is 0.417 e. The largest absolute Gasteiger partial charge is 0.443 e. The zero-order valence-corrected chi connectivity index (χ0v) is 10.1. The molecule has 0 aromatic carbocycles. The molecule has 14 heavy (non-hydrogen) atoms. The van der Waals surface area contributed by atoms with Crippen molar-refractivity contribution in [2.75, 3.05) is 6.54 Å². The Balaban J connectivity index is 2.59. The lowest BCUT2D eigenvalue weighted by Crippen LogP contribution is -2.38. The molecule has 1 aliphatic heterocycles. The molecule has 1 fully saturated rings. The highest BCUT2D eigenvalue weighted by Crippen LogP contribution is 2.20. The molecule has 5 heteroatoms. The fraction of sp³-hybridized carbons (Fsp3) is 0.778. The first-order valence-electron chi connectivity index (χ1n) is 4.50. The highest BCUT2D eigenvalue weighted by molar-refractivity contribution is 9.10. The number of amides is 2. The smallest absolute Gasteiger partial charge is 0.417 e. The van der Waals surface area contributed by atoms with Gasteiger partial charge in [-0.2, -0.15) is 0 Å². The Labute approximate surface area is 91.7 Å². The summed E-state index contributed by atoms with van der Waals surface area (Å²) in [6.07, 6.45) is 0.0994. The maximum absolute atomic E-state index is 11.5. The van der Waals surface area contributed by atoms with Crippen molar-refractivity contribution in [3.63, 3.8) is 0 Å². The Morgan fingerprint density at radius 2 is 2.14 bits per heavy atom. The summed E-state index contributed by atoms with van der Waals surface area (Å²) in [5.41, 5.74) is -0.554. The van der Waals surface area contributed by atoms with Crippen LogP contribution in [0.1, 0.15) is 27.2 Å². The number of likely N-dealkylation sites (tertiary alicyclic amines) is 1. The van der Waals surface area contributed by atoms with E-state index in [2.05, 4.69) is 15.9 Å². The molecule has 1 aliphatic rings. The van der Waals surface area contributed by atoms with Crippen LogP contribution in [0.4, 0.5) is 4.79 Å². The topological polar surface area (TPSA) is 46.6 Å². The first kappa shape index (κ1) is 11.5. The fourth-order valence-corrected chi connectivity index (χ4v) is 1.60. The number of hydrogen-bond donors (Lipinski definition) is 0. The second kappa shape index (κ2) is 3.88. The quantitative estimate of drug-likeness (QED) is 0.628. The number of carbonyl (C=O) groups excluding carboxylic acids is 2. The van der Waals surface area contributed by atoms with E-state index in [1.165, 1.54) is 0 Å². The van der Waals surface area contributed by atoms with Gasteiger partial charge in [0.15, 0.2) is 0 Å². The van der Waals surface area contributed by atoms with Crippen LogP contribution in [0.2, 0.25) is 0 Å². The fourth-order valence-electron chi connectivity index (χ4n) is 1.14. The molecule has 0 spiro atoms. The van der Waals surface area contributed by atoms with Crippen molar-refractivity contribution in [3.05, 3.63) is 0 Å². The molecule has 1 atom stereocenters. The molecule has 2 amide bonds. The molecular formula is C9H14BrNO3. The van der Waals surface area contributed by atoms with Crippen molar-refractivity contribution in [1.82, 2.24) is 4.90 Å². The van der Waals surface area contributed by atoms with Crippen LogP contribution < -0.4 is 0 Å². The minimum Gasteiger partial charge on any atom is -0.443 e. The Kier molecular flexibility index (Phi) is 3.19. The monoisotopic (exact) mass is 263 g/mol. The number of ether oxygens (including phenoxy) is 1. The van der Waals surface area contributed by atoms with Gasteiger partial charge in [0.25, 0.3) is 0 Å². The summed E-state index contributed by atoms with van der Waals surface area (Å²) in [6, 6.07) is 0. The van der Waals surface area contributed by atoms with E-state index in [9.17, 15) is 9.59 Å². The zero-order valence-electron chi connectivity index (χ0n) is 8.54. The molecular weight excluding hydrogens is 250 g/mol. The first-order valence-corrected chi connectivity index (χ1v) is 5.41. The zero-order chi connectivity index (χ0) is 10.9. The number of hydrogen-bond acceptors (Lipinski definition) is 3. The van der Waals surface area contributed by atoms with Crippen molar-refractivity contribution in [3.8, 4) is 0 Å². The van der Waals surface area contributed by atoms with E-state index in [1.54, 1.807) is 20.8 Å². The lowest BCUT2D eigenvalue weighted by molar-refractivity contribution is -0.126. The number of carbonyl (C=O) groups is 2. The van der Waals surface area contributed by atoms with Crippen LogP contribution in [-0.4, -0.2) is 33.9 Å². The molecule has 80 valence electrons. The number of rotatable bonds is 0. The van der Waals surface area contributed by atoms with Gasteiger partial charge in [0.2, 0.25) is 5.91 Å². The van der Waals surface area contributed by atoms with Gasteiger partial charge >= 0.3 is 6.09 Å². The van der Waals surface area contributed by atoms with Gasteiger partial charge < -0.3 is 4.74 Å². The third-order valence-electron chi connectivity index (χ3n) is 1.75. The van der Waals surface area contributed by atoms with E-state index in [-0.39, 0.29) is 10.7 Å². The lowest BCUT2D eigenvalue weighted by atomic mass is 10.2. The Morgan fingerprint density at radius 1 is 1.57 bits per heavy atom. The summed E-state index contributed by atoms with van der Waals surface area (Å²) in [6.45, 7) is 5.76. The molecule has 1 saturated heterocycles. The summed E-state index contributed by atoms with van der Waals surface area (Å²) >= 11 is 3.19. The molecule has 0 bridgehead atoms. The van der Waals surface area contributed by atoms with Gasteiger partial charge in [0.1, 0.15) is 5.60 Å². The summed E-state index contributed by atoms with van der Waals surface area (Å²) < 4.78 is 5.09. The number of nitrogens with zero attached hydrogens (tertiary/aromatic N) is 1. The highest BCUT2D eigenvalue weighted by Gasteiger charge is 2.36. The van der Waals surface area contributed by atoms with E-state index in [0.29, 0.717) is 13.0 Å². The van der Waals surface area contributed by atoms with Gasteiger partial charge in [-0.1, -0.05) is 15.9 Å². The SMILES string of the molecule is CC(C)(C)OC(=O)N1CC[C@@H](Br)C1=O. The van der Waals surface area contributed by atoms with Crippen molar-refractivity contribution in [2.45, 2.75) is 37.6 Å². The summed E-state index contributed by atoms with van der Waals surface area (Å²) in [5, 5.41) is 0. The predicted octanol–water partition coefficient (Wildman–Crippen LogP) is 1.92. The van der Waals surface area contributed by atoms with Gasteiger partial charge in [0.05, 0.1) is 4.83 Å². The summed E-state index contributed by atoms with van der Waals surface area (Å²) in [7, 11) is 0. The highest BCUT2D eigenvalue weighted by atomic mass is 79.9. The maximum atomic E-state index is 11.5. The molecule has 0 saturated carbocycles. The standard InChI is InChI=1S/C9H14BrNO3/c1-9(2,3)14-8(13)11-5-4-6(10)7(11)12/h6H,4-5H2,1-3H3/t6-/m1/s1. The van der Waals surface area contributed by atoms with Crippen molar-refractivity contribution < 1.29 is 14.3 Å². The van der Waals surface area contributed by atoms with Crippen molar-refractivity contribution in [1.29, 1.82) is 0 Å². The summed E-state index contributed by atoms with van der Waals surface area (Å²) in [4.78, 5) is 23.8. The van der Waals surface area contributed by atoms with Crippen LogP contribution in [0.25, 0.3) is 0 Å². The average Bonchev–Trinajstić information content (AvgIpc) is 2.29. The summed E-state index contributed by atoms with van der Waals surface area (Å²) in [5.74, 6) is -0.209. The molecule has 0 radical (unpaired) electrons. The average molecular weight is 264 g/mol. The Bertz CT molecular complexity index is 259. The molecule has 0 aromatic rings. The molecule has 0 aliphatic carbocycles. The van der Waals surface area contributed by atoms with E-state index in [1.807, 2.05) is 0 Å². The van der Waals surface area contributed by atoms with Crippen molar-refractivity contribution >= 4 is 27.9 Å². The van der Waals surface area contributed by atoms with E-state index < -0.39 is 11.7 Å². The molecule has 1 heterocycles. The van der Waals surface area contributed by atoms with Crippen LogP contribution in [-0.2, 0) is 9.53 Å². The Morgan fingerprint density at radius 3 is 2.50 bits per heavy atom. The van der Waals surface area contributed by atoms with Crippen LogP contribution in [0.5, 0.6) is 0 Å². The van der Waals surface area contributed by atoms with Gasteiger partial charge in [-0.05, 0) is 27.2 Å². The number of imide groups is 1. The second-order valence-electron chi connectivity index (χ2n) is 4.23. The molecule has 4 nitrogen and oxygen atoms in total. The van der Waals surface area contributed by atoms with Crippen LogP contribution in [0.3, 0.4) is 0 Å². The molecule has 0 aromatic heterocycles. The van der Waals surface area contributed by atoms with Crippen LogP contribution in [0, 0.1) is 0 Å². The van der Waals surface area contributed by atoms with Crippen LogP contribution in [0.15, 0.2) is 0 Å². The third kappa shape index (κ3) is 2.70. The van der Waals surface area contributed by atoms with Crippen molar-refractivity contribution in [2.24, 2.45) is 0 Å². The minimum atomic E-state index is -0.554. The number of alkyl halides is 1.